The Hall–Kier alpha value is -4.33. The van der Waals surface area contributed by atoms with Crippen LogP contribution in [0.25, 0.3) is 0 Å². The number of aromatic nitrogens is 3. The first-order chi connectivity index (χ1) is 17.0. The van der Waals surface area contributed by atoms with E-state index in [4.69, 9.17) is 4.74 Å². The number of nitro benzene ring substituents is 1. The Morgan fingerprint density at radius 2 is 1.51 bits per heavy atom. The molecule has 0 aliphatic rings. The Labute approximate surface area is 214 Å². The van der Waals surface area contributed by atoms with Gasteiger partial charge in [-0.1, -0.05) is 12.1 Å². The summed E-state index contributed by atoms with van der Waals surface area (Å²) < 4.78 is 6.28. The van der Waals surface area contributed by atoms with Crippen molar-refractivity contribution in [1.29, 1.82) is 0 Å². The number of non-ortho nitro benzene ring substituents is 1. The lowest BCUT2D eigenvalue weighted by Crippen LogP contribution is -2.07. The van der Waals surface area contributed by atoms with Gasteiger partial charge in [0.15, 0.2) is 0 Å². The number of halogens is 1. The summed E-state index contributed by atoms with van der Waals surface area (Å²) in [5, 5.41) is 21.3. The highest BCUT2D eigenvalue weighted by molar-refractivity contribution is 14.1. The predicted octanol–water partition coefficient (Wildman–Crippen LogP) is 5.33. The number of hydrogen-bond acceptors (Lipinski definition) is 10. The van der Waals surface area contributed by atoms with Gasteiger partial charge < -0.3 is 15.4 Å². The molecule has 0 aliphatic heterocycles. The molecule has 176 valence electrons. The van der Waals surface area contributed by atoms with Crippen molar-refractivity contribution in [2.75, 3.05) is 23.2 Å². The lowest BCUT2D eigenvalue weighted by atomic mass is 10.2. The van der Waals surface area contributed by atoms with Crippen LogP contribution >= 0.6 is 22.6 Å². The zero-order valence-electron chi connectivity index (χ0n) is 18.3. The van der Waals surface area contributed by atoms with Crippen LogP contribution in [0.5, 0.6) is 5.75 Å². The number of methoxy groups -OCH3 is 1. The van der Waals surface area contributed by atoms with Crippen LogP contribution in [0.4, 0.5) is 34.9 Å². The van der Waals surface area contributed by atoms with E-state index in [0.717, 1.165) is 20.6 Å². The van der Waals surface area contributed by atoms with Gasteiger partial charge in [-0.25, -0.2) is 5.43 Å². The number of nitrogens with one attached hydrogen (secondary N) is 3. The molecule has 0 radical (unpaired) electrons. The number of anilines is 5. The molecule has 0 atom stereocenters. The summed E-state index contributed by atoms with van der Waals surface area (Å²) in [5.41, 5.74) is 5.04. The number of ether oxygens (including phenoxy) is 1. The number of hydrazone groups is 1. The van der Waals surface area contributed by atoms with Gasteiger partial charge in [-0.3, -0.25) is 10.1 Å². The summed E-state index contributed by atoms with van der Waals surface area (Å²) in [6.45, 7) is 0. The van der Waals surface area contributed by atoms with E-state index in [-0.39, 0.29) is 23.5 Å². The molecule has 0 spiro atoms. The molecule has 0 unspecified atom stereocenters. The maximum atomic E-state index is 10.9. The smallest absolute Gasteiger partial charge is 0.269 e. The molecule has 3 aromatic carbocycles. The second-order valence-corrected chi connectivity index (χ2v) is 8.26. The molecular weight excluding hydrogens is 563 g/mol. The molecule has 0 amide bonds. The van der Waals surface area contributed by atoms with Gasteiger partial charge in [0.05, 0.1) is 18.2 Å². The Morgan fingerprint density at radius 1 is 0.914 bits per heavy atom. The molecule has 0 fully saturated rings. The fourth-order valence-electron chi connectivity index (χ4n) is 2.89. The summed E-state index contributed by atoms with van der Waals surface area (Å²) >= 11 is 2.23. The van der Waals surface area contributed by atoms with Crippen molar-refractivity contribution in [3.63, 3.8) is 0 Å². The first kappa shape index (κ1) is 23.8. The van der Waals surface area contributed by atoms with E-state index in [1.54, 1.807) is 25.5 Å². The lowest BCUT2D eigenvalue weighted by molar-refractivity contribution is -0.384. The fourth-order valence-corrected chi connectivity index (χ4v) is 3.46. The lowest BCUT2D eigenvalue weighted by Gasteiger charge is -2.10. The molecular formula is C23H19IN8O3. The molecule has 12 heteroatoms. The molecule has 4 aromatic rings. The standard InChI is InChI=1S/C23H19IN8O3/c1-35-20-11-7-18(8-12-20)27-22-28-21(26-17-5-9-19(10-6-17)32(33)34)29-23(30-22)31-25-14-15-3-2-4-16(24)13-15/h2-14H,1H3,(H3,26,27,28,29,30,31)/b25-14+. The predicted molar refractivity (Wildman–Crippen MR) is 143 cm³/mol. The van der Waals surface area contributed by atoms with Gasteiger partial charge in [0.2, 0.25) is 17.8 Å². The first-order valence-corrected chi connectivity index (χ1v) is 11.3. The molecule has 11 nitrogen and oxygen atoms in total. The first-order valence-electron chi connectivity index (χ1n) is 10.2. The molecule has 0 saturated carbocycles. The van der Waals surface area contributed by atoms with Crippen molar-refractivity contribution < 1.29 is 9.66 Å². The third-order valence-corrected chi connectivity index (χ3v) is 5.21. The zero-order valence-corrected chi connectivity index (χ0v) is 20.5. The SMILES string of the molecule is COc1ccc(Nc2nc(N/N=C/c3cccc(I)c3)nc(Nc3ccc([N+](=O)[O-])cc3)n2)cc1. The molecule has 0 aliphatic carbocycles. The van der Waals surface area contributed by atoms with Crippen LogP contribution in [-0.2, 0) is 0 Å². The number of nitro groups is 1. The van der Waals surface area contributed by atoms with Gasteiger partial charge >= 0.3 is 0 Å². The van der Waals surface area contributed by atoms with E-state index in [9.17, 15) is 10.1 Å². The maximum Gasteiger partial charge on any atom is 0.269 e. The summed E-state index contributed by atoms with van der Waals surface area (Å²) in [6, 6.07) is 21.0. The average Bonchev–Trinajstić information content (AvgIpc) is 2.85. The largest absolute Gasteiger partial charge is 0.497 e. The third-order valence-electron chi connectivity index (χ3n) is 4.54. The van der Waals surface area contributed by atoms with Gasteiger partial charge in [0.25, 0.3) is 5.69 Å². The molecule has 35 heavy (non-hydrogen) atoms. The summed E-state index contributed by atoms with van der Waals surface area (Å²) in [6.07, 6.45) is 1.66. The third kappa shape index (κ3) is 6.83. The van der Waals surface area contributed by atoms with E-state index < -0.39 is 4.92 Å². The molecule has 1 aromatic heterocycles. The summed E-state index contributed by atoms with van der Waals surface area (Å²) in [5.74, 6) is 1.40. The number of nitrogens with zero attached hydrogens (tertiary/aromatic N) is 5. The van der Waals surface area contributed by atoms with Gasteiger partial charge in [0, 0.05) is 27.1 Å². The van der Waals surface area contributed by atoms with Crippen LogP contribution in [0.1, 0.15) is 5.56 Å². The molecule has 1 heterocycles. The van der Waals surface area contributed by atoms with Crippen molar-refractivity contribution in [3.8, 4) is 5.75 Å². The van der Waals surface area contributed by atoms with E-state index >= 15 is 0 Å². The summed E-state index contributed by atoms with van der Waals surface area (Å²) in [7, 11) is 1.60. The summed E-state index contributed by atoms with van der Waals surface area (Å²) in [4.78, 5) is 23.6. The zero-order chi connectivity index (χ0) is 24.6. The molecule has 0 saturated heterocycles. The Morgan fingerprint density at radius 3 is 2.09 bits per heavy atom. The number of benzene rings is 3. The van der Waals surface area contributed by atoms with Gasteiger partial charge in [-0.2, -0.15) is 20.1 Å². The van der Waals surface area contributed by atoms with E-state index in [1.807, 2.05) is 48.5 Å². The second-order valence-electron chi connectivity index (χ2n) is 7.01. The quantitative estimate of drug-likeness (QED) is 0.103. The minimum atomic E-state index is -0.461. The second kappa shape index (κ2) is 11.2. The fraction of sp³-hybridized carbons (Fsp3) is 0.0435. The van der Waals surface area contributed by atoms with Crippen LogP contribution in [-0.4, -0.2) is 33.2 Å². The van der Waals surface area contributed by atoms with Crippen molar-refractivity contribution in [2.45, 2.75) is 0 Å². The highest BCUT2D eigenvalue weighted by atomic mass is 127. The van der Waals surface area contributed by atoms with E-state index in [1.165, 1.54) is 12.1 Å². The van der Waals surface area contributed by atoms with Crippen LogP contribution < -0.4 is 20.8 Å². The van der Waals surface area contributed by atoms with Crippen molar-refractivity contribution in [3.05, 3.63) is 92.0 Å². The topological polar surface area (TPSA) is 139 Å². The average molecular weight is 582 g/mol. The van der Waals surface area contributed by atoms with Crippen molar-refractivity contribution >= 4 is 63.7 Å². The van der Waals surface area contributed by atoms with Crippen LogP contribution in [0.2, 0.25) is 0 Å². The molecule has 3 N–H and O–H groups in total. The van der Waals surface area contributed by atoms with Gasteiger partial charge in [-0.05, 0) is 76.7 Å². The maximum absolute atomic E-state index is 10.9. The van der Waals surface area contributed by atoms with Crippen LogP contribution in [0, 0.1) is 13.7 Å². The van der Waals surface area contributed by atoms with E-state index in [0.29, 0.717) is 5.69 Å². The Bertz CT molecular complexity index is 1350. The van der Waals surface area contributed by atoms with Crippen molar-refractivity contribution in [2.24, 2.45) is 5.10 Å². The van der Waals surface area contributed by atoms with Crippen LogP contribution in [0.3, 0.4) is 0 Å². The molecule has 0 bridgehead atoms. The minimum Gasteiger partial charge on any atom is -0.497 e. The Kier molecular flexibility index (Phi) is 7.62. The number of rotatable bonds is 9. The van der Waals surface area contributed by atoms with Crippen LogP contribution in [0.15, 0.2) is 77.9 Å². The Balaban J connectivity index is 1.58. The number of hydrogen-bond donors (Lipinski definition) is 3. The van der Waals surface area contributed by atoms with Gasteiger partial charge in [-0.15, -0.1) is 0 Å². The molecule has 4 rings (SSSR count). The van der Waals surface area contributed by atoms with Crippen molar-refractivity contribution in [1.82, 2.24) is 15.0 Å². The van der Waals surface area contributed by atoms with Gasteiger partial charge in [0.1, 0.15) is 5.75 Å². The monoisotopic (exact) mass is 582 g/mol. The normalized spacial score (nSPS) is 10.7. The highest BCUT2D eigenvalue weighted by Gasteiger charge is 2.09. The minimum absolute atomic E-state index is 0.0136. The van der Waals surface area contributed by atoms with E-state index in [2.05, 4.69) is 58.7 Å². The highest BCUT2D eigenvalue weighted by Crippen LogP contribution is 2.22.